The molecule has 130 valence electrons. The average Bonchev–Trinajstić information content (AvgIpc) is 2.54. The summed E-state index contributed by atoms with van der Waals surface area (Å²) < 4.78 is 12.2. The molecule has 1 heterocycles. The zero-order valence-electron chi connectivity index (χ0n) is 14.6. The first-order chi connectivity index (χ1) is 10.9. The highest BCUT2D eigenvalue weighted by Crippen LogP contribution is 2.20. The summed E-state index contributed by atoms with van der Waals surface area (Å²) in [5.74, 6) is 0.689. The van der Waals surface area contributed by atoms with Crippen LogP contribution in [0.3, 0.4) is 0 Å². The Labute approximate surface area is 142 Å². The van der Waals surface area contributed by atoms with Crippen molar-refractivity contribution in [3.63, 3.8) is 0 Å². The third-order valence-electron chi connectivity index (χ3n) is 4.49. The van der Waals surface area contributed by atoms with Crippen LogP contribution in [-0.2, 0) is 10.8 Å². The van der Waals surface area contributed by atoms with Crippen molar-refractivity contribution in [3.8, 4) is 0 Å². The summed E-state index contributed by atoms with van der Waals surface area (Å²) >= 11 is 0. The summed E-state index contributed by atoms with van der Waals surface area (Å²) in [4.78, 5) is 5.63. The van der Waals surface area contributed by atoms with Crippen LogP contribution in [0.2, 0.25) is 0 Å². The van der Waals surface area contributed by atoms with Crippen LogP contribution >= 0.6 is 0 Å². The summed E-state index contributed by atoms with van der Waals surface area (Å²) in [6.45, 7) is 11.8. The molecule has 1 aliphatic heterocycles. The topological polar surface area (TPSA) is 43.8 Å². The molecule has 0 amide bonds. The van der Waals surface area contributed by atoms with Gasteiger partial charge in [-0.15, -0.1) is 0 Å². The third kappa shape index (κ3) is 5.99. The number of benzene rings is 1. The highest BCUT2D eigenvalue weighted by Gasteiger charge is 2.26. The molecule has 4 nitrogen and oxygen atoms in total. The minimum atomic E-state index is -0.910. The van der Waals surface area contributed by atoms with Gasteiger partial charge in [0.2, 0.25) is 0 Å². The van der Waals surface area contributed by atoms with Crippen LogP contribution in [-0.4, -0.2) is 70.2 Å². The van der Waals surface area contributed by atoms with Gasteiger partial charge in [-0.05, 0) is 17.5 Å². The molecule has 5 heteroatoms. The second-order valence-electron chi connectivity index (χ2n) is 7.39. The molecule has 2 atom stereocenters. The van der Waals surface area contributed by atoms with E-state index in [9.17, 15) is 9.32 Å². The normalized spacial score (nSPS) is 20.3. The Morgan fingerprint density at radius 1 is 1.09 bits per heavy atom. The van der Waals surface area contributed by atoms with E-state index >= 15 is 0 Å². The van der Waals surface area contributed by atoms with Crippen LogP contribution in [0.1, 0.15) is 20.8 Å². The van der Waals surface area contributed by atoms with Gasteiger partial charge < -0.3 is 5.11 Å². The molecule has 0 radical (unpaired) electrons. The van der Waals surface area contributed by atoms with E-state index in [0.717, 1.165) is 44.2 Å². The maximum atomic E-state index is 12.2. The van der Waals surface area contributed by atoms with Crippen molar-refractivity contribution >= 4 is 10.8 Å². The lowest BCUT2D eigenvalue weighted by Crippen LogP contribution is -2.50. The van der Waals surface area contributed by atoms with Crippen molar-refractivity contribution < 1.29 is 9.32 Å². The van der Waals surface area contributed by atoms with Gasteiger partial charge in [0.1, 0.15) is 0 Å². The molecule has 1 fully saturated rings. The summed E-state index contributed by atoms with van der Waals surface area (Å²) in [7, 11) is -0.910. The molecule has 0 aromatic heterocycles. The zero-order chi connectivity index (χ0) is 16.9. The number of hydrogen-bond donors (Lipinski definition) is 1. The van der Waals surface area contributed by atoms with Crippen LogP contribution in [0.4, 0.5) is 0 Å². The van der Waals surface area contributed by atoms with E-state index < -0.39 is 10.8 Å². The Hall–Kier alpha value is -0.750. The zero-order valence-corrected chi connectivity index (χ0v) is 15.4. The SMILES string of the molecule is CC(C)(C)C(O)CN1CCN(CCS(=O)c2ccccc2)CC1. The van der Waals surface area contributed by atoms with Crippen LogP contribution in [0.15, 0.2) is 35.2 Å². The molecule has 1 aromatic rings. The van der Waals surface area contributed by atoms with Crippen molar-refractivity contribution in [1.82, 2.24) is 9.80 Å². The number of β-amino-alcohol motifs (C(OH)–C–C–N with tert-alkyl or cyclic N) is 1. The first-order valence-electron chi connectivity index (χ1n) is 8.42. The number of rotatable bonds is 6. The fourth-order valence-electron chi connectivity index (χ4n) is 2.62. The van der Waals surface area contributed by atoms with Gasteiger partial charge in [-0.25, -0.2) is 0 Å². The fraction of sp³-hybridized carbons (Fsp3) is 0.667. The summed E-state index contributed by atoms with van der Waals surface area (Å²) in [6, 6.07) is 9.69. The van der Waals surface area contributed by atoms with Crippen molar-refractivity contribution in [2.24, 2.45) is 5.41 Å². The first-order valence-corrected chi connectivity index (χ1v) is 9.74. The third-order valence-corrected chi connectivity index (χ3v) is 5.85. The highest BCUT2D eigenvalue weighted by atomic mass is 32.2. The largest absolute Gasteiger partial charge is 0.391 e. The van der Waals surface area contributed by atoms with E-state index in [4.69, 9.17) is 0 Å². The molecule has 2 unspecified atom stereocenters. The number of hydrogen-bond acceptors (Lipinski definition) is 4. The lowest BCUT2D eigenvalue weighted by atomic mass is 9.89. The summed E-state index contributed by atoms with van der Waals surface area (Å²) in [5.41, 5.74) is -0.0658. The van der Waals surface area contributed by atoms with Crippen molar-refractivity contribution in [1.29, 1.82) is 0 Å². The minimum Gasteiger partial charge on any atom is -0.391 e. The predicted octanol–water partition coefficient (Wildman–Crippen LogP) is 1.82. The molecule has 1 saturated heterocycles. The van der Waals surface area contributed by atoms with Gasteiger partial charge in [-0.1, -0.05) is 39.0 Å². The molecular weight excluding hydrogens is 308 g/mol. The van der Waals surface area contributed by atoms with Crippen LogP contribution in [0.5, 0.6) is 0 Å². The quantitative estimate of drug-likeness (QED) is 0.859. The molecule has 0 spiro atoms. The molecule has 0 bridgehead atoms. The van der Waals surface area contributed by atoms with Gasteiger partial charge in [0.25, 0.3) is 0 Å². The maximum Gasteiger partial charge on any atom is 0.0715 e. The molecule has 0 aliphatic carbocycles. The van der Waals surface area contributed by atoms with E-state index in [-0.39, 0.29) is 11.5 Å². The smallest absolute Gasteiger partial charge is 0.0715 e. The minimum absolute atomic E-state index is 0.0658. The summed E-state index contributed by atoms with van der Waals surface area (Å²) in [6.07, 6.45) is -0.292. The van der Waals surface area contributed by atoms with E-state index in [1.165, 1.54) is 0 Å². The van der Waals surface area contributed by atoms with Crippen molar-refractivity contribution in [2.75, 3.05) is 45.0 Å². The molecule has 23 heavy (non-hydrogen) atoms. The summed E-state index contributed by atoms with van der Waals surface area (Å²) in [5, 5.41) is 10.2. The van der Waals surface area contributed by atoms with E-state index in [0.29, 0.717) is 5.75 Å². The van der Waals surface area contributed by atoms with Crippen LogP contribution in [0, 0.1) is 5.41 Å². The predicted molar refractivity (Wildman–Crippen MR) is 96.1 cm³/mol. The Balaban J connectivity index is 1.70. The fourth-order valence-corrected chi connectivity index (χ4v) is 3.74. The Morgan fingerprint density at radius 2 is 1.65 bits per heavy atom. The lowest BCUT2D eigenvalue weighted by Gasteiger charge is -2.37. The Bertz CT molecular complexity index is 493. The van der Waals surface area contributed by atoms with Gasteiger partial charge in [-0.2, -0.15) is 0 Å². The standard InChI is InChI=1S/C18H30N2O2S/c1-18(2,3)17(21)15-20-11-9-19(10-12-20)13-14-23(22)16-7-5-4-6-8-16/h4-8,17,21H,9-15H2,1-3H3. The second kappa shape index (κ2) is 8.38. The van der Waals surface area contributed by atoms with Gasteiger partial charge >= 0.3 is 0 Å². The van der Waals surface area contributed by atoms with Gasteiger partial charge in [0, 0.05) is 49.9 Å². The van der Waals surface area contributed by atoms with Gasteiger partial charge in [-0.3, -0.25) is 14.0 Å². The Morgan fingerprint density at radius 3 is 2.22 bits per heavy atom. The second-order valence-corrected chi connectivity index (χ2v) is 8.96. The van der Waals surface area contributed by atoms with Crippen molar-refractivity contribution in [2.45, 2.75) is 31.8 Å². The molecule has 1 N–H and O–H groups in total. The molecular formula is C18H30N2O2S. The number of piperazine rings is 1. The number of aliphatic hydroxyl groups excluding tert-OH is 1. The average molecular weight is 339 g/mol. The highest BCUT2D eigenvalue weighted by molar-refractivity contribution is 7.85. The van der Waals surface area contributed by atoms with E-state index in [1.807, 2.05) is 30.3 Å². The molecule has 1 aromatic carbocycles. The van der Waals surface area contributed by atoms with Crippen molar-refractivity contribution in [3.05, 3.63) is 30.3 Å². The first kappa shape index (κ1) is 18.6. The molecule has 0 saturated carbocycles. The van der Waals surface area contributed by atoms with Crippen LogP contribution in [0.25, 0.3) is 0 Å². The Kier molecular flexibility index (Phi) is 6.77. The van der Waals surface area contributed by atoms with E-state index in [2.05, 4.69) is 30.6 Å². The lowest BCUT2D eigenvalue weighted by molar-refractivity contribution is 0.0142. The number of aliphatic hydroxyl groups is 1. The number of nitrogens with zero attached hydrogens (tertiary/aromatic N) is 2. The monoisotopic (exact) mass is 338 g/mol. The molecule has 2 rings (SSSR count). The van der Waals surface area contributed by atoms with Gasteiger partial charge in [0.15, 0.2) is 0 Å². The van der Waals surface area contributed by atoms with E-state index in [1.54, 1.807) is 0 Å². The maximum absolute atomic E-state index is 12.2. The molecule has 1 aliphatic rings. The van der Waals surface area contributed by atoms with Crippen LogP contribution < -0.4 is 0 Å². The van der Waals surface area contributed by atoms with Gasteiger partial charge in [0.05, 0.1) is 16.9 Å².